The van der Waals surface area contributed by atoms with Crippen LogP contribution in [0.2, 0.25) is 0 Å². The van der Waals surface area contributed by atoms with Gasteiger partial charge in [-0.15, -0.1) is 0 Å². The molecule has 30 valence electrons. The Labute approximate surface area is 29.0 Å². The quantitative estimate of drug-likeness (QED) is 0.391. The maximum absolute atomic E-state index is 8.52. The SMILES string of the molecule is [O]S([O])(=O)=O. The molecule has 0 spiro atoms. The van der Waals surface area contributed by atoms with Gasteiger partial charge in [0.05, 0.1) is 0 Å². The molecule has 0 aliphatic heterocycles. The van der Waals surface area contributed by atoms with Crippen molar-refractivity contribution in [3.05, 3.63) is 0 Å². The fourth-order valence-corrected chi connectivity index (χ4v) is 0. The predicted molar refractivity (Wildman–Crippen MR) is 10.3 cm³/mol. The van der Waals surface area contributed by atoms with Crippen LogP contribution in [0.3, 0.4) is 0 Å². The first-order chi connectivity index (χ1) is 2.00. The van der Waals surface area contributed by atoms with Crippen molar-refractivity contribution < 1.29 is 17.5 Å². The van der Waals surface area contributed by atoms with Crippen LogP contribution in [-0.4, -0.2) is 8.42 Å². The molecule has 0 saturated heterocycles. The van der Waals surface area contributed by atoms with Crippen LogP contribution in [0.15, 0.2) is 0 Å². The van der Waals surface area contributed by atoms with Gasteiger partial charge in [0.2, 0.25) is 0 Å². The molecule has 0 aromatic rings. The molecule has 0 N–H and O–H groups in total. The fourth-order valence-electron chi connectivity index (χ4n) is 0. The summed E-state index contributed by atoms with van der Waals surface area (Å²) in [4.78, 5) is 0. The molecule has 4 nitrogen and oxygen atoms in total. The maximum atomic E-state index is 8.52. The average Bonchev–Trinajstić information content (AvgIpc) is 0.722. The average molecular weight is 96.1 g/mol. The van der Waals surface area contributed by atoms with Gasteiger partial charge in [-0.25, -0.2) is 0 Å². The fraction of sp³-hybridized carbons (Fsp3) is 0. The first kappa shape index (κ1) is 4.87. The van der Waals surface area contributed by atoms with E-state index in [-0.39, 0.29) is 0 Å². The molecule has 5 heavy (non-hydrogen) atoms. The van der Waals surface area contributed by atoms with E-state index in [1.807, 2.05) is 0 Å². The van der Waals surface area contributed by atoms with Crippen LogP contribution in [0.4, 0.5) is 0 Å². The van der Waals surface area contributed by atoms with Crippen molar-refractivity contribution in [3.63, 3.8) is 0 Å². The number of hydrogen-bond acceptors (Lipinski definition) is 2. The molecule has 0 amide bonds. The minimum atomic E-state index is -5.17. The summed E-state index contributed by atoms with van der Waals surface area (Å²) in [5.74, 6) is 0. The standard InChI is InChI=1S/O4S/c1-5(2,3)4. The smallest absolute Gasteiger partial charge is 0.164 e. The van der Waals surface area contributed by atoms with Gasteiger partial charge in [-0.2, -0.15) is 8.42 Å². The predicted octanol–water partition coefficient (Wildman–Crippen LogP) is -0.908. The first-order valence-electron chi connectivity index (χ1n) is 0.667. The topological polar surface area (TPSA) is 73.9 Å². The highest BCUT2D eigenvalue weighted by atomic mass is 32.3. The molecular weight excluding hydrogens is 96.1 g/mol. The van der Waals surface area contributed by atoms with Gasteiger partial charge in [-0.05, 0) is 0 Å². The number of rotatable bonds is 0. The van der Waals surface area contributed by atoms with Gasteiger partial charge in [0, 0.05) is 0 Å². The van der Waals surface area contributed by atoms with Crippen LogP contribution in [-0.2, 0) is 19.5 Å². The molecule has 0 bridgehead atoms. The van der Waals surface area contributed by atoms with Crippen molar-refractivity contribution in [2.45, 2.75) is 0 Å². The molecule has 0 fully saturated rings. The zero-order valence-electron chi connectivity index (χ0n) is 2.04. The van der Waals surface area contributed by atoms with Crippen molar-refractivity contribution in [2.75, 3.05) is 0 Å². The zero-order chi connectivity index (χ0) is 4.50. The molecular formula is O4S. The summed E-state index contributed by atoms with van der Waals surface area (Å²) in [6.45, 7) is 0. The second-order valence-corrected chi connectivity index (χ2v) is 1.22. The summed E-state index contributed by atoms with van der Waals surface area (Å²) in [6, 6.07) is 0. The summed E-state index contributed by atoms with van der Waals surface area (Å²) >= 11 is 0. The highest BCUT2D eigenvalue weighted by Gasteiger charge is 1.93. The molecule has 0 atom stereocenters. The van der Waals surface area contributed by atoms with Crippen LogP contribution in [0.1, 0.15) is 0 Å². The lowest BCUT2D eigenvalue weighted by atomic mass is 15.8. The Morgan fingerprint density at radius 3 is 1.00 bits per heavy atom. The molecule has 0 aliphatic carbocycles. The Kier molecular flexibility index (Phi) is 0.901. The lowest BCUT2D eigenvalue weighted by Gasteiger charge is -1.57. The maximum Gasteiger partial charge on any atom is 0.455 e. The summed E-state index contributed by atoms with van der Waals surface area (Å²) in [6.07, 6.45) is 0. The van der Waals surface area contributed by atoms with Crippen LogP contribution in [0, 0.1) is 0 Å². The summed E-state index contributed by atoms with van der Waals surface area (Å²) < 4.78 is 34.1. The third-order valence-corrected chi connectivity index (χ3v) is 0. The van der Waals surface area contributed by atoms with E-state index < -0.39 is 10.4 Å². The second kappa shape index (κ2) is 0.925. The Hall–Kier alpha value is -0.130. The molecule has 0 saturated carbocycles. The molecule has 0 aromatic heterocycles. The molecule has 0 heterocycles. The molecule has 2 radical (unpaired) electrons. The Morgan fingerprint density at radius 1 is 1.00 bits per heavy atom. The van der Waals surface area contributed by atoms with Gasteiger partial charge in [-0.3, -0.25) is 0 Å². The van der Waals surface area contributed by atoms with Crippen LogP contribution in [0.5, 0.6) is 0 Å². The number of hydrogen-bond donors (Lipinski definition) is 0. The summed E-state index contributed by atoms with van der Waals surface area (Å²) in [5.41, 5.74) is 0. The Morgan fingerprint density at radius 2 is 1.00 bits per heavy atom. The van der Waals surface area contributed by atoms with E-state index in [1.165, 1.54) is 0 Å². The van der Waals surface area contributed by atoms with Crippen molar-refractivity contribution in [2.24, 2.45) is 0 Å². The molecule has 0 rings (SSSR count). The van der Waals surface area contributed by atoms with Crippen molar-refractivity contribution in [1.82, 2.24) is 0 Å². The molecule has 0 aliphatic rings. The third kappa shape index (κ3) is 801. The monoisotopic (exact) mass is 96.0 g/mol. The summed E-state index contributed by atoms with van der Waals surface area (Å²) in [5, 5.41) is 0. The highest BCUT2D eigenvalue weighted by Crippen LogP contribution is 1.64. The molecule has 5 heteroatoms. The van der Waals surface area contributed by atoms with E-state index in [2.05, 4.69) is 0 Å². The minimum Gasteiger partial charge on any atom is -0.164 e. The first-order valence-corrected chi connectivity index (χ1v) is 2.00. The third-order valence-electron chi connectivity index (χ3n) is 0. The van der Waals surface area contributed by atoms with Crippen molar-refractivity contribution in [3.8, 4) is 0 Å². The van der Waals surface area contributed by atoms with Gasteiger partial charge < -0.3 is 0 Å². The van der Waals surface area contributed by atoms with Crippen molar-refractivity contribution in [1.29, 1.82) is 0 Å². The van der Waals surface area contributed by atoms with Gasteiger partial charge in [-0.1, -0.05) is 9.11 Å². The lowest BCUT2D eigenvalue weighted by molar-refractivity contribution is 0.291. The lowest BCUT2D eigenvalue weighted by Crippen LogP contribution is -1.83. The van der Waals surface area contributed by atoms with Gasteiger partial charge in [0.15, 0.2) is 0 Å². The van der Waals surface area contributed by atoms with Gasteiger partial charge in [0.25, 0.3) is 0 Å². The van der Waals surface area contributed by atoms with Gasteiger partial charge in [0.1, 0.15) is 0 Å². The van der Waals surface area contributed by atoms with E-state index in [4.69, 9.17) is 17.5 Å². The molecule has 0 unspecified atom stereocenters. The van der Waals surface area contributed by atoms with Crippen LogP contribution in [0.25, 0.3) is 0 Å². The largest absolute Gasteiger partial charge is 0.455 e. The summed E-state index contributed by atoms with van der Waals surface area (Å²) in [7, 11) is -5.17. The van der Waals surface area contributed by atoms with E-state index in [9.17, 15) is 0 Å². The zero-order valence-corrected chi connectivity index (χ0v) is 2.86. The van der Waals surface area contributed by atoms with Crippen LogP contribution >= 0.6 is 0 Å². The van der Waals surface area contributed by atoms with E-state index in [0.29, 0.717) is 0 Å². The Bertz CT molecular complexity index is 86.8. The minimum absolute atomic E-state index is 5.17. The normalized spacial score (nSPS) is 11.6. The highest BCUT2D eigenvalue weighted by molar-refractivity contribution is 7.79. The van der Waals surface area contributed by atoms with Crippen molar-refractivity contribution >= 4 is 10.4 Å². The van der Waals surface area contributed by atoms with Crippen LogP contribution < -0.4 is 0 Å². The Balaban J connectivity index is 4.06. The van der Waals surface area contributed by atoms with E-state index >= 15 is 0 Å². The molecule has 0 aromatic carbocycles. The second-order valence-electron chi connectivity index (χ2n) is 0.408. The van der Waals surface area contributed by atoms with Gasteiger partial charge >= 0.3 is 10.4 Å². The van der Waals surface area contributed by atoms with E-state index in [0.717, 1.165) is 0 Å². The van der Waals surface area contributed by atoms with E-state index in [1.54, 1.807) is 0 Å².